The number of carboxylic acid groups (broad SMARTS) is 1. The average molecular weight is 183 g/mol. The molecule has 0 aliphatic carbocycles. The van der Waals surface area contributed by atoms with Crippen LogP contribution >= 0.6 is 0 Å². The van der Waals surface area contributed by atoms with E-state index >= 15 is 0 Å². The van der Waals surface area contributed by atoms with E-state index in [4.69, 9.17) is 5.11 Å². The van der Waals surface area contributed by atoms with Crippen molar-refractivity contribution in [1.82, 2.24) is 4.90 Å². The van der Waals surface area contributed by atoms with Crippen LogP contribution in [-0.4, -0.2) is 35.1 Å². The summed E-state index contributed by atoms with van der Waals surface area (Å²) < 4.78 is 0. The monoisotopic (exact) mass is 183 g/mol. The number of fused-ring (bicyclic) bond motifs is 1. The maximum absolute atomic E-state index is 10.6. The number of piperidine rings is 1. The molecular weight excluding hydrogens is 166 g/mol. The Hall–Kier alpha value is -0.570. The van der Waals surface area contributed by atoms with Gasteiger partial charge in [-0.15, -0.1) is 0 Å². The van der Waals surface area contributed by atoms with Gasteiger partial charge in [-0.05, 0) is 38.3 Å². The molecule has 74 valence electrons. The summed E-state index contributed by atoms with van der Waals surface area (Å²) in [5.41, 5.74) is 0. The van der Waals surface area contributed by atoms with Crippen molar-refractivity contribution in [2.45, 2.75) is 38.1 Å². The lowest BCUT2D eigenvalue weighted by atomic mass is 9.91. The Bertz CT molecular complexity index is 205. The molecule has 2 aliphatic rings. The van der Waals surface area contributed by atoms with Crippen LogP contribution in [0.1, 0.15) is 32.1 Å². The summed E-state index contributed by atoms with van der Waals surface area (Å²) >= 11 is 0. The molecule has 2 aliphatic heterocycles. The lowest BCUT2D eigenvalue weighted by molar-refractivity contribution is -0.138. The molecule has 0 amide bonds. The van der Waals surface area contributed by atoms with Crippen LogP contribution < -0.4 is 0 Å². The fourth-order valence-corrected chi connectivity index (χ4v) is 2.81. The predicted octanol–water partition coefficient (Wildman–Crippen LogP) is 1.34. The normalized spacial score (nSPS) is 34.5. The molecule has 2 atom stereocenters. The van der Waals surface area contributed by atoms with Crippen molar-refractivity contribution in [3.63, 3.8) is 0 Å². The molecule has 1 N–H and O–H groups in total. The fourth-order valence-electron chi connectivity index (χ4n) is 2.81. The largest absolute Gasteiger partial charge is 0.481 e. The molecule has 3 heteroatoms. The number of nitrogens with zero attached hydrogens (tertiary/aromatic N) is 1. The van der Waals surface area contributed by atoms with Crippen LogP contribution in [0, 0.1) is 5.92 Å². The van der Waals surface area contributed by atoms with Gasteiger partial charge in [-0.25, -0.2) is 0 Å². The summed E-state index contributed by atoms with van der Waals surface area (Å²) in [7, 11) is 0. The van der Waals surface area contributed by atoms with Gasteiger partial charge in [0.15, 0.2) is 0 Å². The second-order valence-electron chi connectivity index (χ2n) is 4.25. The SMILES string of the molecule is O=C(O)CC1CCN2CCCCC12. The second kappa shape index (κ2) is 3.66. The lowest BCUT2D eigenvalue weighted by Crippen LogP contribution is -2.37. The first-order valence-corrected chi connectivity index (χ1v) is 5.23. The zero-order valence-corrected chi connectivity index (χ0v) is 7.91. The van der Waals surface area contributed by atoms with E-state index in [1.807, 2.05) is 0 Å². The number of carboxylic acids is 1. The van der Waals surface area contributed by atoms with Crippen LogP contribution in [0.15, 0.2) is 0 Å². The lowest BCUT2D eigenvalue weighted by Gasteiger charge is -2.31. The minimum atomic E-state index is -0.627. The molecule has 2 heterocycles. The molecule has 0 bridgehead atoms. The molecule has 13 heavy (non-hydrogen) atoms. The van der Waals surface area contributed by atoms with E-state index in [2.05, 4.69) is 4.90 Å². The van der Waals surface area contributed by atoms with E-state index in [1.165, 1.54) is 25.8 Å². The molecule has 3 nitrogen and oxygen atoms in total. The van der Waals surface area contributed by atoms with Crippen molar-refractivity contribution >= 4 is 5.97 Å². The van der Waals surface area contributed by atoms with Gasteiger partial charge in [0, 0.05) is 12.5 Å². The van der Waals surface area contributed by atoms with E-state index < -0.39 is 5.97 Å². The third-order valence-electron chi connectivity index (χ3n) is 3.43. The Morgan fingerprint density at radius 3 is 2.92 bits per heavy atom. The smallest absolute Gasteiger partial charge is 0.303 e. The maximum atomic E-state index is 10.6. The molecule has 0 aromatic rings. The highest BCUT2D eigenvalue weighted by atomic mass is 16.4. The van der Waals surface area contributed by atoms with Crippen molar-refractivity contribution in [2.75, 3.05) is 13.1 Å². The van der Waals surface area contributed by atoms with Crippen molar-refractivity contribution in [1.29, 1.82) is 0 Å². The minimum Gasteiger partial charge on any atom is -0.481 e. The zero-order chi connectivity index (χ0) is 9.26. The van der Waals surface area contributed by atoms with Gasteiger partial charge in [0.2, 0.25) is 0 Å². The van der Waals surface area contributed by atoms with Gasteiger partial charge >= 0.3 is 5.97 Å². The summed E-state index contributed by atoms with van der Waals surface area (Å²) in [6, 6.07) is 0.588. The Morgan fingerprint density at radius 1 is 1.31 bits per heavy atom. The topological polar surface area (TPSA) is 40.5 Å². The molecular formula is C10H17NO2. The van der Waals surface area contributed by atoms with Gasteiger partial charge in [0.25, 0.3) is 0 Å². The highest BCUT2D eigenvalue weighted by Gasteiger charge is 2.36. The van der Waals surface area contributed by atoms with Crippen LogP contribution in [0.5, 0.6) is 0 Å². The van der Waals surface area contributed by atoms with Crippen molar-refractivity contribution in [3.05, 3.63) is 0 Å². The summed E-state index contributed by atoms with van der Waals surface area (Å²) in [6.07, 6.45) is 5.28. The Kier molecular flexibility index (Phi) is 2.54. The molecule has 0 spiro atoms. The van der Waals surface area contributed by atoms with Crippen LogP contribution in [0.2, 0.25) is 0 Å². The summed E-state index contributed by atoms with van der Waals surface area (Å²) in [5, 5.41) is 8.75. The number of hydrogen-bond acceptors (Lipinski definition) is 2. The van der Waals surface area contributed by atoms with Gasteiger partial charge < -0.3 is 10.0 Å². The molecule has 0 radical (unpaired) electrons. The van der Waals surface area contributed by atoms with E-state index in [0.717, 1.165) is 13.0 Å². The van der Waals surface area contributed by atoms with E-state index in [-0.39, 0.29) is 0 Å². The second-order valence-corrected chi connectivity index (χ2v) is 4.25. The third kappa shape index (κ3) is 1.85. The first-order chi connectivity index (χ1) is 6.27. The van der Waals surface area contributed by atoms with Crippen LogP contribution in [0.25, 0.3) is 0 Å². The molecule has 2 saturated heterocycles. The molecule has 2 fully saturated rings. The van der Waals surface area contributed by atoms with Gasteiger partial charge in [-0.3, -0.25) is 4.79 Å². The fraction of sp³-hybridized carbons (Fsp3) is 0.900. The highest BCUT2D eigenvalue weighted by molar-refractivity contribution is 5.67. The number of aliphatic carboxylic acids is 1. The molecule has 2 unspecified atom stereocenters. The van der Waals surface area contributed by atoms with Crippen molar-refractivity contribution < 1.29 is 9.90 Å². The molecule has 0 saturated carbocycles. The summed E-state index contributed by atoms with van der Waals surface area (Å²) in [5.74, 6) is -0.199. The van der Waals surface area contributed by atoms with Crippen LogP contribution in [0.4, 0.5) is 0 Å². The molecule has 2 rings (SSSR count). The zero-order valence-electron chi connectivity index (χ0n) is 7.91. The maximum Gasteiger partial charge on any atom is 0.303 e. The number of carbonyl (C=O) groups is 1. The highest BCUT2D eigenvalue weighted by Crippen LogP contribution is 2.33. The molecule has 0 aromatic carbocycles. The quantitative estimate of drug-likeness (QED) is 0.702. The van der Waals surface area contributed by atoms with Crippen LogP contribution in [0.3, 0.4) is 0 Å². The van der Waals surface area contributed by atoms with Gasteiger partial charge in [-0.2, -0.15) is 0 Å². The number of rotatable bonds is 2. The van der Waals surface area contributed by atoms with E-state index in [9.17, 15) is 4.79 Å². The molecule has 0 aromatic heterocycles. The Balaban J connectivity index is 1.94. The van der Waals surface area contributed by atoms with E-state index in [0.29, 0.717) is 18.4 Å². The minimum absolute atomic E-state index is 0.376. The van der Waals surface area contributed by atoms with Gasteiger partial charge in [-0.1, -0.05) is 6.42 Å². The summed E-state index contributed by atoms with van der Waals surface area (Å²) in [6.45, 7) is 2.32. The van der Waals surface area contributed by atoms with Crippen molar-refractivity contribution in [3.8, 4) is 0 Å². The predicted molar refractivity (Wildman–Crippen MR) is 49.6 cm³/mol. The Labute approximate surface area is 78.7 Å². The Morgan fingerprint density at radius 2 is 2.15 bits per heavy atom. The summed E-state index contributed by atoms with van der Waals surface area (Å²) in [4.78, 5) is 13.1. The van der Waals surface area contributed by atoms with Crippen LogP contribution in [-0.2, 0) is 4.79 Å². The van der Waals surface area contributed by atoms with Gasteiger partial charge in [0.05, 0.1) is 0 Å². The first kappa shape index (κ1) is 9.00. The van der Waals surface area contributed by atoms with E-state index in [1.54, 1.807) is 0 Å². The third-order valence-corrected chi connectivity index (χ3v) is 3.43. The number of hydrogen-bond donors (Lipinski definition) is 1. The van der Waals surface area contributed by atoms with Crippen molar-refractivity contribution in [2.24, 2.45) is 5.92 Å². The van der Waals surface area contributed by atoms with Gasteiger partial charge in [0.1, 0.15) is 0 Å². The average Bonchev–Trinajstić information content (AvgIpc) is 2.48. The standard InChI is InChI=1S/C10H17NO2/c12-10(13)7-8-4-6-11-5-2-1-3-9(8)11/h8-9H,1-7H2,(H,12,13). The first-order valence-electron chi connectivity index (χ1n) is 5.23.